The number of fused-ring (bicyclic) bond motifs is 1. The molecule has 0 N–H and O–H groups in total. The minimum absolute atomic E-state index is 0.121. The molecule has 25 heavy (non-hydrogen) atoms. The number of nitro groups is 1. The molecule has 10 heteroatoms. The maximum atomic E-state index is 12.2. The number of rotatable bonds is 3. The van der Waals surface area contributed by atoms with E-state index in [1.165, 1.54) is 34.4 Å². The molecule has 9 nitrogen and oxygen atoms in total. The van der Waals surface area contributed by atoms with Gasteiger partial charge in [-0.05, 0) is 30.8 Å². The fourth-order valence-electron chi connectivity index (χ4n) is 2.74. The second-order valence-electron chi connectivity index (χ2n) is 5.48. The van der Waals surface area contributed by atoms with E-state index in [1.807, 2.05) is 0 Å². The molecule has 2 heterocycles. The molecular formula is C15H14N4O5S. The van der Waals surface area contributed by atoms with Crippen molar-refractivity contribution in [1.29, 1.82) is 0 Å². The second kappa shape index (κ2) is 5.88. The Labute approximate surface area is 145 Å². The second-order valence-corrected chi connectivity index (χ2v) is 6.48. The number of imidazole rings is 1. The van der Waals surface area contributed by atoms with Gasteiger partial charge in [0.05, 0.1) is 26.4 Å². The van der Waals surface area contributed by atoms with E-state index in [4.69, 9.17) is 0 Å². The number of nitrogens with zero attached hydrogens (tertiary/aromatic N) is 4. The summed E-state index contributed by atoms with van der Waals surface area (Å²) < 4.78 is 2.69. The van der Waals surface area contributed by atoms with Gasteiger partial charge in [0, 0.05) is 26.7 Å². The zero-order valence-corrected chi connectivity index (χ0v) is 14.5. The number of thioether (sulfide) groups is 1. The van der Waals surface area contributed by atoms with Gasteiger partial charge in [-0.25, -0.2) is 4.79 Å². The number of imide groups is 1. The lowest BCUT2D eigenvalue weighted by Gasteiger charge is -2.07. The average molecular weight is 362 g/mol. The molecule has 3 rings (SSSR count). The summed E-state index contributed by atoms with van der Waals surface area (Å²) in [6, 6.07) is 2.78. The van der Waals surface area contributed by atoms with Crippen molar-refractivity contribution in [3.63, 3.8) is 0 Å². The van der Waals surface area contributed by atoms with E-state index in [0.717, 1.165) is 16.7 Å². The first-order chi connectivity index (χ1) is 11.8. The Morgan fingerprint density at radius 1 is 1.16 bits per heavy atom. The Kier molecular flexibility index (Phi) is 3.99. The quantitative estimate of drug-likeness (QED) is 0.468. The molecule has 0 radical (unpaired) electrons. The summed E-state index contributed by atoms with van der Waals surface area (Å²) in [5.41, 5.74) is 0.530. The van der Waals surface area contributed by atoms with Crippen LogP contribution < -0.4 is 5.69 Å². The van der Waals surface area contributed by atoms with E-state index >= 15 is 0 Å². The molecule has 1 aromatic carbocycles. The molecule has 0 bridgehead atoms. The molecule has 0 saturated carbocycles. The monoisotopic (exact) mass is 362 g/mol. The third-order valence-electron chi connectivity index (χ3n) is 4.09. The van der Waals surface area contributed by atoms with Gasteiger partial charge in [-0.3, -0.25) is 33.7 Å². The summed E-state index contributed by atoms with van der Waals surface area (Å²) in [5, 5.41) is 11.0. The maximum Gasteiger partial charge on any atom is 0.328 e. The van der Waals surface area contributed by atoms with Crippen LogP contribution in [-0.2, 0) is 18.9 Å². The summed E-state index contributed by atoms with van der Waals surface area (Å²) in [6.07, 6.45) is 1.33. The van der Waals surface area contributed by atoms with Crippen molar-refractivity contribution in [3.8, 4) is 0 Å². The molecule has 2 amide bonds. The molecule has 0 spiro atoms. The molecule has 0 unspecified atom stereocenters. The highest BCUT2D eigenvalue weighted by Gasteiger charge is 2.34. The van der Waals surface area contributed by atoms with Crippen molar-refractivity contribution in [2.24, 2.45) is 14.1 Å². The minimum Gasteiger partial charge on any atom is -0.295 e. The van der Waals surface area contributed by atoms with E-state index in [-0.39, 0.29) is 28.4 Å². The Balaban J connectivity index is 2.24. The molecule has 1 fully saturated rings. The zero-order valence-electron chi connectivity index (χ0n) is 13.7. The van der Waals surface area contributed by atoms with Gasteiger partial charge in [0.25, 0.3) is 16.8 Å². The first-order valence-electron chi connectivity index (χ1n) is 7.35. The number of carbonyl (C=O) groups excluding carboxylic acids is 2. The fraction of sp³-hybridized carbons (Fsp3) is 0.267. The highest BCUT2D eigenvalue weighted by atomic mass is 32.2. The van der Waals surface area contributed by atoms with Gasteiger partial charge < -0.3 is 0 Å². The molecular weight excluding hydrogens is 348 g/mol. The zero-order chi connectivity index (χ0) is 18.5. The minimum atomic E-state index is -0.577. The standard InChI is InChI=1S/C15H14N4O5S/c1-4-18-13(20)12(25-15(18)22)6-8-5-10-11(7-9(8)19(23)24)17(3)14(21)16(10)2/h5-7H,4H2,1-3H3/b12-6-. The average Bonchev–Trinajstić information content (AvgIpc) is 2.95. The first-order valence-corrected chi connectivity index (χ1v) is 8.17. The molecule has 130 valence electrons. The maximum absolute atomic E-state index is 12.2. The van der Waals surface area contributed by atoms with Crippen LogP contribution in [0.1, 0.15) is 12.5 Å². The largest absolute Gasteiger partial charge is 0.328 e. The van der Waals surface area contributed by atoms with Crippen molar-refractivity contribution in [1.82, 2.24) is 14.0 Å². The number of nitro benzene ring substituents is 1. The third kappa shape index (κ3) is 2.54. The lowest BCUT2D eigenvalue weighted by atomic mass is 10.1. The van der Waals surface area contributed by atoms with Gasteiger partial charge in [0.2, 0.25) is 0 Å². The predicted molar refractivity (Wildman–Crippen MR) is 93.2 cm³/mol. The van der Waals surface area contributed by atoms with Crippen LogP contribution in [0, 0.1) is 10.1 Å². The van der Waals surface area contributed by atoms with Crippen molar-refractivity contribution >= 4 is 45.7 Å². The van der Waals surface area contributed by atoms with Crippen LogP contribution >= 0.6 is 11.8 Å². The first kappa shape index (κ1) is 17.0. The highest BCUT2D eigenvalue weighted by Crippen LogP contribution is 2.34. The Hall–Kier alpha value is -2.88. The van der Waals surface area contributed by atoms with Crippen molar-refractivity contribution in [3.05, 3.63) is 43.2 Å². The Morgan fingerprint density at radius 3 is 2.28 bits per heavy atom. The van der Waals surface area contributed by atoms with Crippen LogP contribution in [-0.4, -0.2) is 36.6 Å². The number of aromatic nitrogens is 2. The van der Waals surface area contributed by atoms with Crippen LogP contribution in [0.2, 0.25) is 0 Å². The van der Waals surface area contributed by atoms with Crippen LogP contribution in [0.15, 0.2) is 21.8 Å². The third-order valence-corrected chi connectivity index (χ3v) is 5.00. The Bertz CT molecular complexity index is 1030. The van der Waals surface area contributed by atoms with Crippen LogP contribution in [0.4, 0.5) is 10.5 Å². The SMILES string of the molecule is CCN1C(=O)S/C(=C\c2cc3c(cc2[N+](=O)[O-])n(C)c(=O)n3C)C1=O. The normalized spacial score (nSPS) is 16.4. The van der Waals surface area contributed by atoms with E-state index in [2.05, 4.69) is 0 Å². The highest BCUT2D eigenvalue weighted by molar-refractivity contribution is 8.18. The van der Waals surface area contributed by atoms with Gasteiger partial charge in [-0.1, -0.05) is 0 Å². The van der Waals surface area contributed by atoms with Crippen molar-refractivity contribution < 1.29 is 14.5 Å². The van der Waals surface area contributed by atoms with Crippen LogP contribution in [0.5, 0.6) is 0 Å². The molecule has 1 aromatic heterocycles. The van der Waals surface area contributed by atoms with Gasteiger partial charge in [0.1, 0.15) is 0 Å². The number of hydrogen-bond donors (Lipinski definition) is 0. The van der Waals surface area contributed by atoms with E-state index in [1.54, 1.807) is 14.0 Å². The number of benzene rings is 1. The number of amides is 2. The summed E-state index contributed by atoms with van der Waals surface area (Å²) in [6.45, 7) is 1.91. The molecule has 0 aliphatic carbocycles. The van der Waals surface area contributed by atoms with Gasteiger partial charge in [-0.15, -0.1) is 0 Å². The topological polar surface area (TPSA) is 107 Å². The summed E-state index contributed by atoms with van der Waals surface area (Å²) in [4.78, 5) is 48.1. The predicted octanol–water partition coefficient (Wildman–Crippen LogP) is 1.84. The smallest absolute Gasteiger partial charge is 0.295 e. The van der Waals surface area contributed by atoms with Gasteiger partial charge >= 0.3 is 5.69 Å². The van der Waals surface area contributed by atoms with E-state index in [9.17, 15) is 24.5 Å². The molecule has 2 aromatic rings. The number of aryl methyl sites for hydroxylation is 2. The number of carbonyl (C=O) groups is 2. The van der Waals surface area contributed by atoms with Gasteiger partial charge in [-0.2, -0.15) is 0 Å². The molecule has 0 atom stereocenters. The lowest BCUT2D eigenvalue weighted by Crippen LogP contribution is -2.27. The van der Waals surface area contributed by atoms with Crippen molar-refractivity contribution in [2.45, 2.75) is 6.92 Å². The molecule has 1 saturated heterocycles. The fourth-order valence-corrected chi connectivity index (χ4v) is 3.63. The van der Waals surface area contributed by atoms with Crippen LogP contribution in [0.25, 0.3) is 17.1 Å². The Morgan fingerprint density at radius 2 is 1.76 bits per heavy atom. The van der Waals surface area contributed by atoms with E-state index in [0.29, 0.717) is 11.0 Å². The number of likely N-dealkylation sites (N-methyl/N-ethyl adjacent to an activating group) is 1. The van der Waals surface area contributed by atoms with E-state index < -0.39 is 16.1 Å². The summed E-state index contributed by atoms with van der Waals surface area (Å²) in [5.74, 6) is -0.478. The number of hydrogen-bond acceptors (Lipinski definition) is 6. The summed E-state index contributed by atoms with van der Waals surface area (Å²) >= 11 is 0.742. The van der Waals surface area contributed by atoms with Gasteiger partial charge in [0.15, 0.2) is 0 Å². The molecule has 1 aliphatic heterocycles. The van der Waals surface area contributed by atoms with Crippen molar-refractivity contribution in [2.75, 3.05) is 6.54 Å². The molecule has 1 aliphatic rings. The summed E-state index contributed by atoms with van der Waals surface area (Å²) in [7, 11) is 3.09. The lowest BCUT2D eigenvalue weighted by molar-refractivity contribution is -0.385. The van der Waals surface area contributed by atoms with Crippen LogP contribution in [0.3, 0.4) is 0 Å².